The number of carbonyl (C=O) groups is 1. The summed E-state index contributed by atoms with van der Waals surface area (Å²) in [6.45, 7) is 3.03. The predicted octanol–water partition coefficient (Wildman–Crippen LogP) is 4.66. The van der Waals surface area contributed by atoms with Crippen LogP contribution in [0.25, 0.3) is 11.4 Å². The van der Waals surface area contributed by atoms with E-state index in [0.29, 0.717) is 29.1 Å². The van der Waals surface area contributed by atoms with Gasteiger partial charge in [0.05, 0.1) is 18.2 Å². The fraction of sp³-hybridized carbons (Fsp3) is 0.238. The minimum absolute atomic E-state index is 0.0774. The summed E-state index contributed by atoms with van der Waals surface area (Å²) >= 11 is 7.44. The molecule has 29 heavy (non-hydrogen) atoms. The molecule has 0 aliphatic heterocycles. The number of hydrogen-bond donors (Lipinski definition) is 0. The van der Waals surface area contributed by atoms with Gasteiger partial charge in [-0.05, 0) is 31.2 Å². The summed E-state index contributed by atoms with van der Waals surface area (Å²) < 4.78 is 1.96. The molecule has 0 spiro atoms. The molecule has 0 saturated heterocycles. The van der Waals surface area contributed by atoms with Crippen molar-refractivity contribution in [3.63, 3.8) is 0 Å². The molecular weight excluding hydrogens is 406 g/mol. The van der Waals surface area contributed by atoms with Crippen molar-refractivity contribution in [3.8, 4) is 17.5 Å². The summed E-state index contributed by atoms with van der Waals surface area (Å²) in [5.74, 6) is 0.842. The quantitative estimate of drug-likeness (QED) is 0.491. The van der Waals surface area contributed by atoms with E-state index < -0.39 is 0 Å². The van der Waals surface area contributed by atoms with Gasteiger partial charge in [-0.25, -0.2) is 0 Å². The normalized spacial score (nSPS) is 10.5. The first-order valence-corrected chi connectivity index (χ1v) is 10.5. The third kappa shape index (κ3) is 5.17. The molecule has 6 nitrogen and oxygen atoms in total. The lowest BCUT2D eigenvalue weighted by Crippen LogP contribution is -2.33. The Bertz CT molecular complexity index is 1020. The van der Waals surface area contributed by atoms with Gasteiger partial charge in [-0.1, -0.05) is 53.7 Å². The van der Waals surface area contributed by atoms with Gasteiger partial charge in [-0.15, -0.1) is 10.2 Å². The van der Waals surface area contributed by atoms with Crippen LogP contribution in [0.4, 0.5) is 5.69 Å². The van der Waals surface area contributed by atoms with Crippen LogP contribution in [-0.4, -0.2) is 33.0 Å². The predicted molar refractivity (Wildman–Crippen MR) is 116 cm³/mol. The smallest absolute Gasteiger partial charge is 0.237 e. The van der Waals surface area contributed by atoms with Gasteiger partial charge in [0.25, 0.3) is 0 Å². The number of hydrogen-bond acceptors (Lipinski definition) is 5. The van der Waals surface area contributed by atoms with E-state index >= 15 is 0 Å². The van der Waals surface area contributed by atoms with Gasteiger partial charge in [0.1, 0.15) is 0 Å². The second kappa shape index (κ2) is 10.1. The lowest BCUT2D eigenvalue weighted by atomic mass is 10.2. The second-order valence-corrected chi connectivity index (χ2v) is 7.52. The highest BCUT2D eigenvalue weighted by molar-refractivity contribution is 7.99. The Morgan fingerprint density at radius 3 is 2.69 bits per heavy atom. The summed E-state index contributed by atoms with van der Waals surface area (Å²) in [6.07, 6.45) is 0.273. The van der Waals surface area contributed by atoms with Crippen LogP contribution in [-0.2, 0) is 11.3 Å². The first-order chi connectivity index (χ1) is 14.1. The van der Waals surface area contributed by atoms with E-state index in [-0.39, 0.29) is 18.1 Å². The van der Waals surface area contributed by atoms with Crippen LogP contribution >= 0.6 is 23.4 Å². The fourth-order valence-corrected chi connectivity index (χ4v) is 3.96. The number of halogens is 1. The second-order valence-electron chi connectivity index (χ2n) is 6.14. The highest BCUT2D eigenvalue weighted by atomic mass is 35.5. The Morgan fingerprint density at radius 2 is 2.00 bits per heavy atom. The molecule has 1 amide bonds. The van der Waals surface area contributed by atoms with Crippen molar-refractivity contribution in [1.82, 2.24) is 14.8 Å². The highest BCUT2D eigenvalue weighted by Crippen LogP contribution is 2.26. The summed E-state index contributed by atoms with van der Waals surface area (Å²) in [4.78, 5) is 14.5. The fourth-order valence-electron chi connectivity index (χ4n) is 2.89. The lowest BCUT2D eigenvalue weighted by molar-refractivity contribution is -0.116. The highest BCUT2D eigenvalue weighted by Gasteiger charge is 2.19. The van der Waals surface area contributed by atoms with Crippen LogP contribution in [0.1, 0.15) is 13.3 Å². The molecule has 1 heterocycles. The first-order valence-electron chi connectivity index (χ1n) is 9.18. The molecule has 3 rings (SSSR count). The summed E-state index contributed by atoms with van der Waals surface area (Å²) in [6, 6.07) is 18.9. The zero-order chi connectivity index (χ0) is 20.6. The zero-order valence-electron chi connectivity index (χ0n) is 16.0. The van der Waals surface area contributed by atoms with E-state index in [1.807, 2.05) is 66.1 Å². The van der Waals surface area contributed by atoms with Gasteiger partial charge in [0.15, 0.2) is 11.0 Å². The average molecular weight is 426 g/mol. The van der Waals surface area contributed by atoms with Crippen molar-refractivity contribution in [2.75, 3.05) is 17.2 Å². The Balaban J connectivity index is 1.76. The minimum atomic E-state index is -0.0774. The van der Waals surface area contributed by atoms with Crippen molar-refractivity contribution in [1.29, 1.82) is 5.26 Å². The molecule has 2 aromatic carbocycles. The van der Waals surface area contributed by atoms with Crippen LogP contribution < -0.4 is 4.90 Å². The number of carbonyl (C=O) groups excluding carboxylic acids is 1. The van der Waals surface area contributed by atoms with E-state index in [1.165, 1.54) is 11.8 Å². The van der Waals surface area contributed by atoms with Crippen LogP contribution in [0.3, 0.4) is 0 Å². The largest absolute Gasteiger partial charge is 0.311 e. The van der Waals surface area contributed by atoms with Crippen LogP contribution in [0, 0.1) is 11.3 Å². The van der Waals surface area contributed by atoms with Crippen molar-refractivity contribution < 1.29 is 4.79 Å². The van der Waals surface area contributed by atoms with E-state index in [1.54, 1.807) is 4.90 Å². The maximum atomic E-state index is 12.9. The number of thioether (sulfide) groups is 1. The van der Waals surface area contributed by atoms with E-state index in [2.05, 4.69) is 16.3 Å². The molecule has 1 aromatic heterocycles. The number of nitriles is 1. The minimum Gasteiger partial charge on any atom is -0.311 e. The topological polar surface area (TPSA) is 74.8 Å². The first kappa shape index (κ1) is 20.9. The van der Waals surface area contributed by atoms with Crippen LogP contribution in [0.5, 0.6) is 0 Å². The molecular formula is C21H20ClN5OS. The molecule has 148 valence electrons. The molecule has 0 N–H and O–H groups in total. The Kier molecular flexibility index (Phi) is 7.28. The number of aromatic nitrogens is 3. The van der Waals surface area contributed by atoms with Gasteiger partial charge in [-0.3, -0.25) is 4.79 Å². The van der Waals surface area contributed by atoms with Crippen LogP contribution in [0.15, 0.2) is 59.8 Å². The van der Waals surface area contributed by atoms with Gasteiger partial charge in [0.2, 0.25) is 5.91 Å². The van der Waals surface area contributed by atoms with Gasteiger partial charge in [0, 0.05) is 29.4 Å². The van der Waals surface area contributed by atoms with Gasteiger partial charge in [-0.2, -0.15) is 5.26 Å². The maximum Gasteiger partial charge on any atom is 0.237 e. The average Bonchev–Trinajstić information content (AvgIpc) is 3.16. The van der Waals surface area contributed by atoms with Crippen molar-refractivity contribution >= 4 is 35.0 Å². The van der Waals surface area contributed by atoms with Crippen molar-refractivity contribution in [3.05, 3.63) is 59.6 Å². The van der Waals surface area contributed by atoms with Gasteiger partial charge >= 0.3 is 0 Å². The molecule has 0 unspecified atom stereocenters. The Morgan fingerprint density at radius 1 is 1.21 bits per heavy atom. The molecule has 0 aliphatic rings. The SMILES string of the molecule is CCn1c(SCC(=O)N(CCC#N)c2ccccc2)nnc1-c1cccc(Cl)c1. The van der Waals surface area contributed by atoms with Crippen molar-refractivity contribution in [2.24, 2.45) is 0 Å². The Labute approximate surface area is 179 Å². The van der Waals surface area contributed by atoms with Crippen LogP contribution in [0.2, 0.25) is 5.02 Å². The molecule has 0 atom stereocenters. The lowest BCUT2D eigenvalue weighted by Gasteiger charge is -2.21. The number of para-hydroxylation sites is 1. The summed E-state index contributed by atoms with van der Waals surface area (Å²) in [5.41, 5.74) is 1.66. The van der Waals surface area contributed by atoms with E-state index in [4.69, 9.17) is 16.9 Å². The number of nitrogens with zero attached hydrogens (tertiary/aromatic N) is 5. The van der Waals surface area contributed by atoms with E-state index in [0.717, 1.165) is 11.3 Å². The number of rotatable bonds is 8. The summed E-state index contributed by atoms with van der Waals surface area (Å²) in [5, 5.41) is 18.8. The molecule has 0 saturated carbocycles. The number of amides is 1. The standard InChI is InChI=1S/C21H20ClN5OS/c1-2-26-20(16-8-6-9-17(22)14-16)24-25-21(26)29-15-19(28)27(13-7-12-23)18-10-4-3-5-11-18/h3-6,8-11,14H,2,7,13,15H2,1H3. The number of anilines is 1. The molecule has 0 aliphatic carbocycles. The maximum absolute atomic E-state index is 12.9. The third-order valence-electron chi connectivity index (χ3n) is 4.26. The molecule has 8 heteroatoms. The zero-order valence-corrected chi connectivity index (χ0v) is 17.5. The molecule has 0 radical (unpaired) electrons. The molecule has 0 fully saturated rings. The monoisotopic (exact) mass is 425 g/mol. The third-order valence-corrected chi connectivity index (χ3v) is 5.44. The molecule has 3 aromatic rings. The Hall–Kier alpha value is -2.82. The van der Waals surface area contributed by atoms with Crippen molar-refractivity contribution in [2.45, 2.75) is 25.0 Å². The van der Waals surface area contributed by atoms with E-state index in [9.17, 15) is 4.79 Å². The van der Waals surface area contributed by atoms with Gasteiger partial charge < -0.3 is 9.47 Å². The summed E-state index contributed by atoms with van der Waals surface area (Å²) in [7, 11) is 0. The number of benzene rings is 2. The molecule has 0 bridgehead atoms.